The Morgan fingerprint density at radius 3 is 2.58 bits per heavy atom. The lowest BCUT2D eigenvalue weighted by Crippen LogP contribution is -2.37. The standard InChI is InChI=1S/C15H21ClN2O/c1-18(11-13-6-8-17-9-7-13)15(19)10-12-2-4-14(16)5-3-12/h2-5,13,17H,6-11H2,1H3. The molecule has 0 unspecified atom stereocenters. The van der Waals surface area contributed by atoms with Gasteiger partial charge in [0.05, 0.1) is 6.42 Å². The van der Waals surface area contributed by atoms with Gasteiger partial charge in [-0.2, -0.15) is 0 Å². The monoisotopic (exact) mass is 280 g/mol. The highest BCUT2D eigenvalue weighted by Crippen LogP contribution is 2.14. The number of benzene rings is 1. The zero-order chi connectivity index (χ0) is 13.7. The first-order valence-corrected chi connectivity index (χ1v) is 7.22. The number of hydrogen-bond donors (Lipinski definition) is 1. The van der Waals surface area contributed by atoms with E-state index in [1.807, 2.05) is 36.2 Å². The second-order valence-corrected chi connectivity index (χ2v) is 5.71. The lowest BCUT2D eigenvalue weighted by atomic mass is 9.97. The van der Waals surface area contributed by atoms with Gasteiger partial charge in [0.25, 0.3) is 0 Å². The summed E-state index contributed by atoms with van der Waals surface area (Å²) in [7, 11) is 1.90. The third kappa shape index (κ3) is 4.51. The van der Waals surface area contributed by atoms with Crippen molar-refractivity contribution in [1.29, 1.82) is 0 Å². The topological polar surface area (TPSA) is 32.3 Å². The summed E-state index contributed by atoms with van der Waals surface area (Å²) in [4.78, 5) is 14.0. The SMILES string of the molecule is CN(CC1CCNCC1)C(=O)Cc1ccc(Cl)cc1. The first kappa shape index (κ1) is 14.4. The van der Waals surface area contributed by atoms with Crippen LogP contribution in [0.2, 0.25) is 5.02 Å². The molecule has 1 saturated heterocycles. The van der Waals surface area contributed by atoms with Gasteiger partial charge in [0.1, 0.15) is 0 Å². The molecule has 1 N–H and O–H groups in total. The molecular weight excluding hydrogens is 260 g/mol. The fourth-order valence-corrected chi connectivity index (χ4v) is 2.59. The van der Waals surface area contributed by atoms with E-state index < -0.39 is 0 Å². The Hall–Kier alpha value is -1.06. The van der Waals surface area contributed by atoms with Crippen LogP contribution in [0, 0.1) is 5.92 Å². The van der Waals surface area contributed by atoms with Crippen molar-refractivity contribution in [3.8, 4) is 0 Å². The van der Waals surface area contributed by atoms with Crippen molar-refractivity contribution >= 4 is 17.5 Å². The average molecular weight is 281 g/mol. The van der Waals surface area contributed by atoms with E-state index in [1.54, 1.807) is 0 Å². The highest BCUT2D eigenvalue weighted by Gasteiger charge is 2.18. The van der Waals surface area contributed by atoms with Gasteiger partial charge >= 0.3 is 0 Å². The smallest absolute Gasteiger partial charge is 0.226 e. The molecule has 104 valence electrons. The molecule has 1 fully saturated rings. The lowest BCUT2D eigenvalue weighted by molar-refractivity contribution is -0.129. The van der Waals surface area contributed by atoms with Gasteiger partial charge in [-0.1, -0.05) is 23.7 Å². The average Bonchev–Trinajstić information content (AvgIpc) is 2.42. The van der Waals surface area contributed by atoms with E-state index in [4.69, 9.17) is 11.6 Å². The molecule has 3 nitrogen and oxygen atoms in total. The molecule has 0 saturated carbocycles. The van der Waals surface area contributed by atoms with Gasteiger partial charge in [0, 0.05) is 18.6 Å². The molecule has 1 aromatic carbocycles. The van der Waals surface area contributed by atoms with Gasteiger partial charge in [-0.15, -0.1) is 0 Å². The third-order valence-corrected chi connectivity index (χ3v) is 3.94. The minimum Gasteiger partial charge on any atom is -0.345 e. The van der Waals surface area contributed by atoms with Crippen LogP contribution in [-0.4, -0.2) is 37.5 Å². The molecule has 1 aliphatic heterocycles. The number of nitrogens with one attached hydrogen (secondary N) is 1. The molecular formula is C15H21ClN2O. The first-order valence-electron chi connectivity index (χ1n) is 6.84. The van der Waals surface area contributed by atoms with Gasteiger partial charge < -0.3 is 10.2 Å². The number of carbonyl (C=O) groups is 1. The maximum Gasteiger partial charge on any atom is 0.226 e. The van der Waals surface area contributed by atoms with Crippen molar-refractivity contribution in [3.05, 3.63) is 34.9 Å². The summed E-state index contributed by atoms with van der Waals surface area (Å²) in [6, 6.07) is 7.49. The number of likely N-dealkylation sites (N-methyl/N-ethyl adjacent to an activating group) is 1. The Balaban J connectivity index is 1.83. The fraction of sp³-hybridized carbons (Fsp3) is 0.533. The molecule has 0 aliphatic carbocycles. The summed E-state index contributed by atoms with van der Waals surface area (Å²) < 4.78 is 0. The molecule has 0 bridgehead atoms. The number of carbonyl (C=O) groups excluding carboxylic acids is 1. The summed E-state index contributed by atoms with van der Waals surface area (Å²) in [6.07, 6.45) is 2.79. The van der Waals surface area contributed by atoms with E-state index in [0.29, 0.717) is 17.4 Å². The molecule has 0 aromatic heterocycles. The van der Waals surface area contributed by atoms with Gasteiger partial charge in [0.15, 0.2) is 0 Å². The number of rotatable bonds is 4. The highest BCUT2D eigenvalue weighted by molar-refractivity contribution is 6.30. The van der Waals surface area contributed by atoms with Crippen LogP contribution in [0.4, 0.5) is 0 Å². The van der Waals surface area contributed by atoms with Crippen LogP contribution in [0.15, 0.2) is 24.3 Å². The Morgan fingerprint density at radius 1 is 1.32 bits per heavy atom. The third-order valence-electron chi connectivity index (χ3n) is 3.69. The molecule has 1 heterocycles. The minimum absolute atomic E-state index is 0.181. The first-order chi connectivity index (χ1) is 9.15. The minimum atomic E-state index is 0.181. The maximum absolute atomic E-state index is 12.1. The van der Waals surface area contributed by atoms with Crippen LogP contribution in [0.3, 0.4) is 0 Å². The van der Waals surface area contributed by atoms with Crippen molar-refractivity contribution in [1.82, 2.24) is 10.2 Å². The largest absolute Gasteiger partial charge is 0.345 e. The summed E-state index contributed by atoms with van der Waals surface area (Å²) in [5, 5.41) is 4.05. The molecule has 1 aromatic rings. The number of nitrogens with zero attached hydrogens (tertiary/aromatic N) is 1. The van der Waals surface area contributed by atoms with Crippen molar-refractivity contribution < 1.29 is 4.79 Å². The van der Waals surface area contributed by atoms with Crippen LogP contribution in [-0.2, 0) is 11.2 Å². The van der Waals surface area contributed by atoms with Crippen LogP contribution in [0.1, 0.15) is 18.4 Å². The second-order valence-electron chi connectivity index (χ2n) is 5.27. The predicted molar refractivity (Wildman–Crippen MR) is 78.4 cm³/mol. The van der Waals surface area contributed by atoms with E-state index in [2.05, 4.69) is 5.32 Å². The zero-order valence-corrected chi connectivity index (χ0v) is 12.1. The van der Waals surface area contributed by atoms with E-state index in [-0.39, 0.29) is 5.91 Å². The van der Waals surface area contributed by atoms with Crippen LogP contribution >= 0.6 is 11.6 Å². The second kappa shape index (κ2) is 6.92. The maximum atomic E-state index is 12.1. The summed E-state index contributed by atoms with van der Waals surface area (Å²) >= 11 is 5.84. The molecule has 2 rings (SSSR count). The Labute approximate surface area is 119 Å². The summed E-state index contributed by atoms with van der Waals surface area (Å²) in [5.74, 6) is 0.821. The van der Waals surface area contributed by atoms with E-state index in [9.17, 15) is 4.79 Å². The number of hydrogen-bond acceptors (Lipinski definition) is 2. The van der Waals surface area contributed by atoms with Crippen LogP contribution < -0.4 is 5.32 Å². The molecule has 0 spiro atoms. The molecule has 1 amide bonds. The molecule has 19 heavy (non-hydrogen) atoms. The lowest BCUT2D eigenvalue weighted by Gasteiger charge is -2.27. The number of piperidine rings is 1. The van der Waals surface area contributed by atoms with Crippen LogP contribution in [0.25, 0.3) is 0 Å². The predicted octanol–water partition coefficient (Wildman–Crippen LogP) is 2.34. The highest BCUT2D eigenvalue weighted by atomic mass is 35.5. The Morgan fingerprint density at radius 2 is 1.95 bits per heavy atom. The summed E-state index contributed by atoms with van der Waals surface area (Å²) in [5.41, 5.74) is 1.02. The van der Waals surface area contributed by atoms with Gasteiger partial charge in [-0.05, 0) is 49.5 Å². The molecule has 0 atom stereocenters. The Bertz CT molecular complexity index is 413. The van der Waals surface area contributed by atoms with E-state index in [1.165, 1.54) is 12.8 Å². The normalized spacial score (nSPS) is 16.3. The van der Waals surface area contributed by atoms with Gasteiger partial charge in [0.2, 0.25) is 5.91 Å². The Kier molecular flexibility index (Phi) is 5.23. The molecule has 1 aliphatic rings. The number of amides is 1. The molecule has 0 radical (unpaired) electrons. The van der Waals surface area contributed by atoms with Gasteiger partial charge in [-0.25, -0.2) is 0 Å². The van der Waals surface area contributed by atoms with Crippen molar-refractivity contribution in [2.24, 2.45) is 5.92 Å². The number of halogens is 1. The van der Waals surface area contributed by atoms with Crippen molar-refractivity contribution in [2.75, 3.05) is 26.7 Å². The van der Waals surface area contributed by atoms with E-state index in [0.717, 1.165) is 25.2 Å². The van der Waals surface area contributed by atoms with Crippen molar-refractivity contribution in [3.63, 3.8) is 0 Å². The fourth-order valence-electron chi connectivity index (χ4n) is 2.47. The zero-order valence-electron chi connectivity index (χ0n) is 11.4. The quantitative estimate of drug-likeness (QED) is 0.918. The summed E-state index contributed by atoms with van der Waals surface area (Å²) in [6.45, 7) is 3.02. The van der Waals surface area contributed by atoms with E-state index >= 15 is 0 Å². The van der Waals surface area contributed by atoms with Crippen molar-refractivity contribution in [2.45, 2.75) is 19.3 Å². The molecule has 4 heteroatoms. The van der Waals surface area contributed by atoms with Gasteiger partial charge in [-0.3, -0.25) is 4.79 Å². The van der Waals surface area contributed by atoms with Crippen LogP contribution in [0.5, 0.6) is 0 Å².